The molecule has 0 radical (unpaired) electrons. The Hall–Kier alpha value is -1.21. The van der Waals surface area contributed by atoms with E-state index in [1.807, 2.05) is 32.9 Å². The molecule has 0 saturated heterocycles. The molecule has 0 amide bonds. The zero-order valence-electron chi connectivity index (χ0n) is 14.5. The van der Waals surface area contributed by atoms with Crippen molar-refractivity contribution in [2.45, 2.75) is 37.5 Å². The number of hydrogen-bond donors (Lipinski definition) is 3. The Balaban J connectivity index is 0.00000101. The lowest BCUT2D eigenvalue weighted by Crippen LogP contribution is -2.31. The molecule has 0 fully saturated rings. The van der Waals surface area contributed by atoms with Crippen LogP contribution < -0.4 is 11.1 Å². The molecule has 1 rings (SSSR count). The van der Waals surface area contributed by atoms with Crippen molar-refractivity contribution in [1.29, 1.82) is 0 Å². The minimum atomic E-state index is -1.59. The van der Waals surface area contributed by atoms with Crippen LogP contribution in [-0.2, 0) is 14.3 Å². The number of nitrogens with one attached hydrogen (secondary N) is 1. The quantitative estimate of drug-likeness (QED) is 0.505. The third-order valence-corrected chi connectivity index (χ3v) is 3.54. The summed E-state index contributed by atoms with van der Waals surface area (Å²) >= 11 is 16.6. The zero-order chi connectivity index (χ0) is 19.8. The molecule has 0 saturated carbocycles. The molecule has 1 aromatic carbocycles. The third-order valence-electron chi connectivity index (χ3n) is 3.21. The van der Waals surface area contributed by atoms with E-state index in [0.29, 0.717) is 0 Å². The summed E-state index contributed by atoms with van der Waals surface area (Å²) in [5.41, 5.74) is 8.82. The Labute approximate surface area is 162 Å². The van der Waals surface area contributed by atoms with Gasteiger partial charge in [-0.2, -0.15) is 0 Å². The monoisotopic (exact) mass is 412 g/mol. The lowest BCUT2D eigenvalue weighted by Gasteiger charge is -2.20. The second-order valence-electron chi connectivity index (χ2n) is 5.39. The normalized spacial score (nSPS) is 11.8. The molecule has 0 unspecified atom stereocenters. The van der Waals surface area contributed by atoms with Gasteiger partial charge in [-0.15, -0.1) is 0 Å². The molecule has 25 heavy (non-hydrogen) atoms. The van der Waals surface area contributed by atoms with Gasteiger partial charge in [0.1, 0.15) is 12.6 Å². The van der Waals surface area contributed by atoms with Gasteiger partial charge in [0.05, 0.1) is 6.54 Å². The standard InChI is InChI=1S/C14H18Cl3NO2.C2H5NO2/c1-8-5-6-9(2)12(10(8)3)18-11(4)13(19)20-7-14(15,16)17;3-1-2(4)5/h5-6,11,18H,7H2,1-4H3;1,3H2,(H,4,5)/t11-;/m0./s1. The topological polar surface area (TPSA) is 102 Å². The summed E-state index contributed by atoms with van der Waals surface area (Å²) in [5.74, 6) is -1.43. The van der Waals surface area contributed by atoms with Crippen molar-refractivity contribution in [3.8, 4) is 0 Å². The number of esters is 1. The van der Waals surface area contributed by atoms with E-state index in [9.17, 15) is 9.59 Å². The predicted octanol–water partition coefficient (Wildman–Crippen LogP) is 3.36. The van der Waals surface area contributed by atoms with Crippen molar-refractivity contribution in [2.24, 2.45) is 5.73 Å². The van der Waals surface area contributed by atoms with Crippen LogP contribution in [0.1, 0.15) is 23.6 Å². The maximum atomic E-state index is 11.8. The average molecular weight is 414 g/mol. The molecule has 1 aromatic rings. The maximum absolute atomic E-state index is 11.8. The highest BCUT2D eigenvalue weighted by atomic mass is 35.6. The number of benzene rings is 1. The van der Waals surface area contributed by atoms with Crippen LogP contribution in [0, 0.1) is 20.8 Å². The van der Waals surface area contributed by atoms with Gasteiger partial charge in [-0.3, -0.25) is 4.79 Å². The van der Waals surface area contributed by atoms with Crippen LogP contribution in [0.2, 0.25) is 0 Å². The van der Waals surface area contributed by atoms with Crippen molar-refractivity contribution < 1.29 is 19.4 Å². The van der Waals surface area contributed by atoms with E-state index >= 15 is 0 Å². The lowest BCUT2D eigenvalue weighted by molar-refractivity contribution is -0.144. The third kappa shape index (κ3) is 9.75. The minimum Gasteiger partial charge on any atom is -0.480 e. The van der Waals surface area contributed by atoms with E-state index in [0.717, 1.165) is 22.4 Å². The fourth-order valence-corrected chi connectivity index (χ4v) is 1.89. The summed E-state index contributed by atoms with van der Waals surface area (Å²) in [6.45, 7) is 7.17. The molecule has 0 aliphatic rings. The van der Waals surface area contributed by atoms with Gasteiger partial charge >= 0.3 is 11.9 Å². The van der Waals surface area contributed by atoms with Crippen LogP contribution in [0.3, 0.4) is 0 Å². The SMILES string of the molecule is Cc1ccc(C)c(N[C@@H](C)C(=O)OCC(Cl)(Cl)Cl)c1C.NCC(=O)O. The first-order chi connectivity index (χ1) is 11.4. The van der Waals surface area contributed by atoms with Crippen molar-refractivity contribution in [3.63, 3.8) is 0 Å². The number of carboxylic acids is 1. The van der Waals surface area contributed by atoms with Crippen molar-refractivity contribution in [1.82, 2.24) is 0 Å². The van der Waals surface area contributed by atoms with Crippen molar-refractivity contribution in [2.75, 3.05) is 18.5 Å². The highest BCUT2D eigenvalue weighted by molar-refractivity contribution is 6.67. The first-order valence-electron chi connectivity index (χ1n) is 7.37. The number of anilines is 1. The molecule has 9 heteroatoms. The first kappa shape index (κ1) is 23.8. The second kappa shape index (κ2) is 10.7. The number of halogens is 3. The number of carboxylic acid groups (broad SMARTS) is 1. The molecule has 0 heterocycles. The fourth-order valence-electron chi connectivity index (χ4n) is 1.73. The summed E-state index contributed by atoms with van der Waals surface area (Å²) in [5, 5.41) is 10.7. The Morgan fingerprint density at radius 2 is 1.72 bits per heavy atom. The van der Waals surface area contributed by atoms with Gasteiger partial charge in [0.25, 0.3) is 0 Å². The average Bonchev–Trinajstić information content (AvgIpc) is 2.52. The summed E-state index contributed by atoms with van der Waals surface area (Å²) in [6.07, 6.45) is 0. The summed E-state index contributed by atoms with van der Waals surface area (Å²) in [7, 11) is 0. The Kier molecular flexibility index (Phi) is 10.2. The van der Waals surface area contributed by atoms with Crippen LogP contribution in [-0.4, -0.2) is 40.0 Å². The van der Waals surface area contributed by atoms with Crippen LogP contribution in [0.15, 0.2) is 12.1 Å². The molecule has 4 N–H and O–H groups in total. The van der Waals surface area contributed by atoms with Gasteiger partial charge in [0.2, 0.25) is 3.79 Å². The zero-order valence-corrected chi connectivity index (χ0v) is 16.8. The fraction of sp³-hybridized carbons (Fsp3) is 0.500. The molecule has 0 aliphatic carbocycles. The van der Waals surface area contributed by atoms with Crippen molar-refractivity contribution in [3.05, 3.63) is 28.8 Å². The molecular weight excluding hydrogens is 391 g/mol. The molecule has 0 bridgehead atoms. The number of alkyl halides is 3. The number of carbonyl (C=O) groups is 2. The largest absolute Gasteiger partial charge is 0.480 e. The predicted molar refractivity (Wildman–Crippen MR) is 102 cm³/mol. The number of nitrogens with two attached hydrogens (primary N) is 1. The van der Waals surface area contributed by atoms with Gasteiger partial charge in [-0.05, 0) is 44.4 Å². The van der Waals surface area contributed by atoms with E-state index < -0.39 is 21.8 Å². The van der Waals surface area contributed by atoms with E-state index in [-0.39, 0.29) is 13.2 Å². The molecule has 0 aliphatic heterocycles. The van der Waals surface area contributed by atoms with Gasteiger partial charge in [0.15, 0.2) is 0 Å². The maximum Gasteiger partial charge on any atom is 0.328 e. The van der Waals surface area contributed by atoms with E-state index in [1.54, 1.807) is 6.92 Å². The number of ether oxygens (including phenoxy) is 1. The van der Waals surface area contributed by atoms with Crippen molar-refractivity contribution >= 4 is 52.4 Å². The number of rotatable bonds is 5. The van der Waals surface area contributed by atoms with Crippen LogP contribution in [0.5, 0.6) is 0 Å². The summed E-state index contributed by atoms with van der Waals surface area (Å²) in [6, 6.07) is 3.52. The Morgan fingerprint density at radius 3 is 2.16 bits per heavy atom. The smallest absolute Gasteiger partial charge is 0.328 e. The number of aryl methyl sites for hydroxylation is 2. The first-order valence-corrected chi connectivity index (χ1v) is 8.51. The van der Waals surface area contributed by atoms with Crippen LogP contribution in [0.25, 0.3) is 0 Å². The molecular formula is C16H23Cl3N2O4. The molecule has 0 aromatic heterocycles. The number of aliphatic carboxylic acids is 1. The second-order valence-corrected chi connectivity index (χ2v) is 7.90. The minimum absolute atomic E-state index is 0.270. The highest BCUT2D eigenvalue weighted by Gasteiger charge is 2.24. The summed E-state index contributed by atoms with van der Waals surface area (Å²) in [4.78, 5) is 21.1. The van der Waals surface area contributed by atoms with E-state index in [2.05, 4.69) is 11.1 Å². The molecule has 0 spiro atoms. The Morgan fingerprint density at radius 1 is 1.24 bits per heavy atom. The number of hydrogen-bond acceptors (Lipinski definition) is 5. The van der Waals surface area contributed by atoms with E-state index in [4.69, 9.17) is 44.6 Å². The molecule has 6 nitrogen and oxygen atoms in total. The summed E-state index contributed by atoms with van der Waals surface area (Å²) < 4.78 is 3.36. The highest BCUT2D eigenvalue weighted by Crippen LogP contribution is 2.27. The van der Waals surface area contributed by atoms with Gasteiger partial charge in [0, 0.05) is 5.69 Å². The number of carbonyl (C=O) groups excluding carboxylic acids is 1. The van der Waals surface area contributed by atoms with Crippen LogP contribution in [0.4, 0.5) is 5.69 Å². The van der Waals surface area contributed by atoms with Gasteiger partial charge in [-0.1, -0.05) is 46.9 Å². The van der Waals surface area contributed by atoms with E-state index in [1.165, 1.54) is 0 Å². The Bertz CT molecular complexity index is 604. The van der Waals surface area contributed by atoms with Crippen LogP contribution >= 0.6 is 34.8 Å². The van der Waals surface area contributed by atoms with Gasteiger partial charge in [-0.25, -0.2) is 4.79 Å². The molecule has 1 atom stereocenters. The van der Waals surface area contributed by atoms with Gasteiger partial charge < -0.3 is 20.9 Å². The lowest BCUT2D eigenvalue weighted by atomic mass is 10.0. The molecule has 142 valence electrons.